The lowest BCUT2D eigenvalue weighted by atomic mass is 10.0. The quantitative estimate of drug-likeness (QED) is 0.415. The van der Waals surface area contributed by atoms with E-state index in [0.29, 0.717) is 23.8 Å². The molecule has 1 saturated carbocycles. The van der Waals surface area contributed by atoms with Crippen LogP contribution in [-0.2, 0) is 4.74 Å². The SMILES string of the molecule is CN=C(NC1CC1c1ccc(C(C)C)cc1)N(C)CC1CCOC1.I. The molecule has 25 heavy (non-hydrogen) atoms. The Bertz CT molecular complexity index is 567. The molecule has 2 aliphatic rings. The van der Waals surface area contributed by atoms with Gasteiger partial charge in [0.2, 0.25) is 0 Å². The summed E-state index contributed by atoms with van der Waals surface area (Å²) in [6, 6.07) is 9.65. The predicted molar refractivity (Wildman–Crippen MR) is 115 cm³/mol. The van der Waals surface area contributed by atoms with Crippen molar-refractivity contribution in [3.05, 3.63) is 35.4 Å². The van der Waals surface area contributed by atoms with Crippen LogP contribution in [0.1, 0.15) is 49.7 Å². The smallest absolute Gasteiger partial charge is 0.193 e. The maximum atomic E-state index is 5.48. The molecule has 1 aromatic rings. The lowest BCUT2D eigenvalue weighted by molar-refractivity contribution is 0.181. The zero-order valence-corrected chi connectivity index (χ0v) is 18.2. The van der Waals surface area contributed by atoms with Crippen LogP contribution < -0.4 is 5.32 Å². The van der Waals surface area contributed by atoms with Crippen LogP contribution in [0.4, 0.5) is 0 Å². The number of hydrogen-bond acceptors (Lipinski definition) is 2. The molecule has 2 fully saturated rings. The van der Waals surface area contributed by atoms with E-state index in [9.17, 15) is 0 Å². The Kier molecular flexibility index (Phi) is 7.55. The van der Waals surface area contributed by atoms with Gasteiger partial charge in [-0.1, -0.05) is 38.1 Å². The number of hydrogen-bond donors (Lipinski definition) is 1. The summed E-state index contributed by atoms with van der Waals surface area (Å²) in [5.41, 5.74) is 2.86. The third-order valence-corrected chi connectivity index (χ3v) is 5.27. The molecule has 4 nitrogen and oxygen atoms in total. The molecule has 0 aromatic heterocycles. The molecule has 3 atom stereocenters. The molecular formula is C20H32IN3O. The van der Waals surface area contributed by atoms with Gasteiger partial charge < -0.3 is 15.0 Å². The van der Waals surface area contributed by atoms with Crippen molar-refractivity contribution in [2.45, 2.75) is 44.6 Å². The lowest BCUT2D eigenvalue weighted by Gasteiger charge is -2.24. The molecule has 3 rings (SSSR count). The van der Waals surface area contributed by atoms with E-state index >= 15 is 0 Å². The van der Waals surface area contributed by atoms with Gasteiger partial charge in [-0.05, 0) is 29.9 Å². The van der Waals surface area contributed by atoms with Gasteiger partial charge in [0.05, 0.1) is 6.61 Å². The first-order chi connectivity index (χ1) is 11.6. The number of guanidine groups is 1. The Balaban J connectivity index is 0.00000225. The topological polar surface area (TPSA) is 36.9 Å². The molecule has 3 unspecified atom stereocenters. The van der Waals surface area contributed by atoms with Gasteiger partial charge >= 0.3 is 0 Å². The Morgan fingerprint density at radius 2 is 2.04 bits per heavy atom. The zero-order chi connectivity index (χ0) is 17.1. The zero-order valence-electron chi connectivity index (χ0n) is 15.9. The standard InChI is InChI=1S/C20H31N3O.HI/c1-14(2)16-5-7-17(8-6-16)18-11-19(18)22-20(21-3)23(4)12-15-9-10-24-13-15;/h5-8,14-15,18-19H,9-13H2,1-4H3,(H,21,22);1H. The van der Waals surface area contributed by atoms with Crippen molar-refractivity contribution >= 4 is 29.9 Å². The molecule has 5 heteroatoms. The third-order valence-electron chi connectivity index (χ3n) is 5.27. The van der Waals surface area contributed by atoms with Crippen molar-refractivity contribution in [1.82, 2.24) is 10.2 Å². The largest absolute Gasteiger partial charge is 0.381 e. The summed E-state index contributed by atoms with van der Waals surface area (Å²) in [6.45, 7) is 7.29. The van der Waals surface area contributed by atoms with Crippen LogP contribution in [-0.4, -0.2) is 50.8 Å². The minimum Gasteiger partial charge on any atom is -0.381 e. The van der Waals surface area contributed by atoms with Crippen molar-refractivity contribution in [2.75, 3.05) is 33.9 Å². The molecule has 1 saturated heterocycles. The highest BCUT2D eigenvalue weighted by molar-refractivity contribution is 14.0. The van der Waals surface area contributed by atoms with Crippen molar-refractivity contribution in [3.8, 4) is 0 Å². The fraction of sp³-hybridized carbons (Fsp3) is 0.650. The van der Waals surface area contributed by atoms with Gasteiger partial charge in [-0.3, -0.25) is 4.99 Å². The summed E-state index contributed by atoms with van der Waals surface area (Å²) >= 11 is 0. The van der Waals surface area contributed by atoms with Gasteiger partial charge in [-0.25, -0.2) is 0 Å². The van der Waals surface area contributed by atoms with Gasteiger partial charge in [0.25, 0.3) is 0 Å². The number of rotatable bonds is 5. The van der Waals surface area contributed by atoms with Gasteiger partial charge in [-0.2, -0.15) is 0 Å². The molecule has 1 aromatic carbocycles. The lowest BCUT2D eigenvalue weighted by Crippen LogP contribution is -2.42. The van der Waals surface area contributed by atoms with Crippen LogP contribution >= 0.6 is 24.0 Å². The first-order valence-electron chi connectivity index (χ1n) is 9.20. The molecule has 1 aliphatic carbocycles. The van der Waals surface area contributed by atoms with E-state index in [0.717, 1.165) is 32.1 Å². The molecule has 1 heterocycles. The van der Waals surface area contributed by atoms with E-state index in [-0.39, 0.29) is 24.0 Å². The fourth-order valence-corrected chi connectivity index (χ4v) is 3.56. The normalized spacial score (nSPS) is 25.6. The van der Waals surface area contributed by atoms with Crippen LogP contribution in [0.15, 0.2) is 29.3 Å². The van der Waals surface area contributed by atoms with E-state index in [1.54, 1.807) is 0 Å². The van der Waals surface area contributed by atoms with E-state index in [4.69, 9.17) is 4.74 Å². The number of aliphatic imine (C=N–C) groups is 1. The summed E-state index contributed by atoms with van der Waals surface area (Å²) in [4.78, 5) is 6.71. The summed E-state index contributed by atoms with van der Waals surface area (Å²) in [5.74, 6) is 2.85. The van der Waals surface area contributed by atoms with Crippen molar-refractivity contribution in [1.29, 1.82) is 0 Å². The van der Waals surface area contributed by atoms with Gasteiger partial charge in [-0.15, -0.1) is 24.0 Å². The molecular weight excluding hydrogens is 425 g/mol. The minimum atomic E-state index is 0. The fourth-order valence-electron chi connectivity index (χ4n) is 3.56. The highest BCUT2D eigenvalue weighted by atomic mass is 127. The Morgan fingerprint density at radius 3 is 2.60 bits per heavy atom. The van der Waals surface area contributed by atoms with Crippen LogP contribution in [0.5, 0.6) is 0 Å². The average Bonchev–Trinajstić information content (AvgIpc) is 3.17. The van der Waals surface area contributed by atoms with Crippen molar-refractivity contribution in [3.63, 3.8) is 0 Å². The molecule has 0 amide bonds. The predicted octanol–water partition coefficient (Wildman–Crippen LogP) is 3.83. The number of nitrogens with one attached hydrogen (secondary N) is 1. The minimum absolute atomic E-state index is 0. The summed E-state index contributed by atoms with van der Waals surface area (Å²) in [6.07, 6.45) is 2.36. The van der Waals surface area contributed by atoms with Gasteiger partial charge in [0, 0.05) is 45.1 Å². The third kappa shape index (κ3) is 5.33. The number of benzene rings is 1. The summed E-state index contributed by atoms with van der Waals surface area (Å²) in [5, 5.41) is 3.64. The summed E-state index contributed by atoms with van der Waals surface area (Å²) < 4.78 is 5.48. The molecule has 140 valence electrons. The highest BCUT2D eigenvalue weighted by Crippen LogP contribution is 2.41. The van der Waals surface area contributed by atoms with E-state index < -0.39 is 0 Å². The maximum Gasteiger partial charge on any atom is 0.193 e. The van der Waals surface area contributed by atoms with Crippen LogP contribution in [0.3, 0.4) is 0 Å². The van der Waals surface area contributed by atoms with Gasteiger partial charge in [0.15, 0.2) is 5.96 Å². The Hall–Kier alpha value is -0.820. The molecule has 1 N–H and O–H groups in total. The monoisotopic (exact) mass is 457 g/mol. The second-order valence-electron chi connectivity index (χ2n) is 7.57. The van der Waals surface area contributed by atoms with E-state index in [1.807, 2.05) is 7.05 Å². The maximum absolute atomic E-state index is 5.48. The molecule has 0 bridgehead atoms. The second kappa shape index (κ2) is 9.21. The van der Waals surface area contributed by atoms with Crippen LogP contribution in [0.2, 0.25) is 0 Å². The molecule has 0 spiro atoms. The van der Waals surface area contributed by atoms with Crippen molar-refractivity contribution in [2.24, 2.45) is 10.9 Å². The Morgan fingerprint density at radius 1 is 1.32 bits per heavy atom. The first kappa shape index (κ1) is 20.5. The second-order valence-corrected chi connectivity index (χ2v) is 7.57. The molecule has 0 radical (unpaired) electrons. The average molecular weight is 457 g/mol. The van der Waals surface area contributed by atoms with E-state index in [1.165, 1.54) is 17.5 Å². The van der Waals surface area contributed by atoms with Gasteiger partial charge in [0.1, 0.15) is 0 Å². The van der Waals surface area contributed by atoms with Crippen LogP contribution in [0.25, 0.3) is 0 Å². The number of ether oxygens (including phenoxy) is 1. The Labute approximate surface area is 169 Å². The number of nitrogens with zero attached hydrogens (tertiary/aromatic N) is 2. The first-order valence-corrected chi connectivity index (χ1v) is 9.20. The van der Waals surface area contributed by atoms with E-state index in [2.05, 4.69) is 60.4 Å². The highest BCUT2D eigenvalue weighted by Gasteiger charge is 2.39. The van der Waals surface area contributed by atoms with Crippen LogP contribution in [0, 0.1) is 5.92 Å². The molecule has 1 aliphatic heterocycles. The number of halogens is 1. The van der Waals surface area contributed by atoms with Crippen molar-refractivity contribution < 1.29 is 4.74 Å². The summed E-state index contributed by atoms with van der Waals surface area (Å²) in [7, 11) is 4.00.